The van der Waals surface area contributed by atoms with Crippen LogP contribution in [0.5, 0.6) is 5.75 Å². The van der Waals surface area contributed by atoms with E-state index < -0.39 is 28.1 Å². The highest BCUT2D eigenvalue weighted by Crippen LogP contribution is 2.24. The standard InChI is InChI=1S/C12H17NO6S/c1-8-4-5-9(19-3)10(6-8)20(17,18)13-7-12(2,16)11(14)15/h4-6,13,16H,7H2,1-3H3,(H,14,15). The Morgan fingerprint density at radius 3 is 2.55 bits per heavy atom. The first-order chi connectivity index (χ1) is 9.10. The summed E-state index contributed by atoms with van der Waals surface area (Å²) in [4.78, 5) is 10.6. The number of aliphatic carboxylic acids is 1. The average Bonchev–Trinajstić information content (AvgIpc) is 2.36. The number of aliphatic hydroxyl groups is 1. The number of carbonyl (C=O) groups is 1. The van der Waals surface area contributed by atoms with Crippen molar-refractivity contribution in [3.63, 3.8) is 0 Å². The number of benzene rings is 1. The molecule has 1 rings (SSSR count). The molecule has 8 heteroatoms. The van der Waals surface area contributed by atoms with Gasteiger partial charge < -0.3 is 14.9 Å². The molecule has 0 radical (unpaired) electrons. The molecule has 0 aliphatic carbocycles. The molecule has 0 saturated carbocycles. The number of sulfonamides is 1. The molecule has 1 unspecified atom stereocenters. The van der Waals surface area contributed by atoms with Crippen LogP contribution in [0, 0.1) is 6.92 Å². The second-order valence-electron chi connectivity index (χ2n) is 4.56. The Labute approximate surface area is 117 Å². The molecule has 20 heavy (non-hydrogen) atoms. The highest BCUT2D eigenvalue weighted by atomic mass is 32.2. The lowest BCUT2D eigenvalue weighted by atomic mass is 10.1. The minimum Gasteiger partial charge on any atom is -0.495 e. The minimum atomic E-state index is -3.99. The predicted molar refractivity (Wildman–Crippen MR) is 71.2 cm³/mol. The lowest BCUT2D eigenvalue weighted by Crippen LogP contribution is -2.46. The second kappa shape index (κ2) is 5.78. The van der Waals surface area contributed by atoms with Crippen LogP contribution in [-0.2, 0) is 14.8 Å². The van der Waals surface area contributed by atoms with Crippen molar-refractivity contribution >= 4 is 16.0 Å². The van der Waals surface area contributed by atoms with Crippen LogP contribution in [0.25, 0.3) is 0 Å². The molecule has 0 fully saturated rings. The fourth-order valence-corrected chi connectivity index (χ4v) is 2.77. The number of aryl methyl sites for hydroxylation is 1. The van der Waals surface area contributed by atoms with Crippen molar-refractivity contribution in [2.75, 3.05) is 13.7 Å². The van der Waals surface area contributed by atoms with E-state index >= 15 is 0 Å². The van der Waals surface area contributed by atoms with Crippen LogP contribution in [-0.4, -0.2) is 43.9 Å². The van der Waals surface area contributed by atoms with Crippen LogP contribution in [0.1, 0.15) is 12.5 Å². The molecule has 1 aromatic carbocycles. The maximum Gasteiger partial charge on any atom is 0.336 e. The Bertz CT molecular complexity index is 608. The van der Waals surface area contributed by atoms with Crippen LogP contribution >= 0.6 is 0 Å². The van der Waals surface area contributed by atoms with Crippen molar-refractivity contribution in [1.82, 2.24) is 4.72 Å². The molecule has 0 amide bonds. The molecule has 3 N–H and O–H groups in total. The smallest absolute Gasteiger partial charge is 0.336 e. The number of methoxy groups -OCH3 is 1. The van der Waals surface area contributed by atoms with Gasteiger partial charge in [-0.15, -0.1) is 0 Å². The van der Waals surface area contributed by atoms with E-state index in [1.807, 2.05) is 0 Å². The Hall–Kier alpha value is -1.64. The molecular formula is C12H17NO6S. The fraction of sp³-hybridized carbons (Fsp3) is 0.417. The van der Waals surface area contributed by atoms with Crippen LogP contribution in [0.2, 0.25) is 0 Å². The van der Waals surface area contributed by atoms with E-state index in [1.54, 1.807) is 13.0 Å². The van der Waals surface area contributed by atoms with E-state index in [0.717, 1.165) is 6.92 Å². The lowest BCUT2D eigenvalue weighted by molar-refractivity contribution is -0.155. The highest BCUT2D eigenvalue weighted by Gasteiger charge is 2.32. The first-order valence-corrected chi connectivity index (χ1v) is 7.18. The quantitative estimate of drug-likeness (QED) is 0.688. The molecule has 0 heterocycles. The molecule has 0 aliphatic heterocycles. The Balaban J connectivity index is 3.06. The number of hydrogen-bond acceptors (Lipinski definition) is 5. The molecule has 0 bridgehead atoms. The topological polar surface area (TPSA) is 113 Å². The van der Waals surface area contributed by atoms with E-state index in [-0.39, 0.29) is 10.6 Å². The second-order valence-corrected chi connectivity index (χ2v) is 6.29. The number of rotatable bonds is 6. The number of carboxylic acid groups (broad SMARTS) is 1. The van der Waals surface area contributed by atoms with E-state index in [1.165, 1.54) is 19.2 Å². The number of ether oxygens (including phenoxy) is 1. The Morgan fingerprint density at radius 2 is 2.05 bits per heavy atom. The molecule has 1 aromatic rings. The summed E-state index contributed by atoms with van der Waals surface area (Å²) in [5, 5.41) is 18.3. The SMILES string of the molecule is COc1ccc(C)cc1S(=O)(=O)NCC(C)(O)C(=O)O. The van der Waals surface area contributed by atoms with Gasteiger partial charge in [0.05, 0.1) is 13.7 Å². The third-order valence-corrected chi connectivity index (χ3v) is 4.10. The molecule has 7 nitrogen and oxygen atoms in total. The summed E-state index contributed by atoms with van der Waals surface area (Å²) >= 11 is 0. The monoisotopic (exact) mass is 303 g/mol. The van der Waals surface area contributed by atoms with Gasteiger partial charge in [-0.2, -0.15) is 0 Å². The average molecular weight is 303 g/mol. The summed E-state index contributed by atoms with van der Waals surface area (Å²) in [5.74, 6) is -1.38. The normalized spacial score (nSPS) is 14.6. The zero-order chi connectivity index (χ0) is 15.6. The van der Waals surface area contributed by atoms with Crippen molar-refractivity contribution in [3.8, 4) is 5.75 Å². The largest absolute Gasteiger partial charge is 0.495 e. The van der Waals surface area contributed by atoms with Crippen LogP contribution in [0.15, 0.2) is 23.1 Å². The summed E-state index contributed by atoms with van der Waals surface area (Å²) in [6, 6.07) is 4.58. The predicted octanol–water partition coefficient (Wildman–Crippen LogP) is 0.118. The Morgan fingerprint density at radius 1 is 1.45 bits per heavy atom. The van der Waals surface area contributed by atoms with Gasteiger partial charge in [0.2, 0.25) is 10.0 Å². The maximum atomic E-state index is 12.1. The van der Waals surface area contributed by atoms with Gasteiger partial charge >= 0.3 is 5.97 Å². The molecule has 0 aromatic heterocycles. The summed E-state index contributed by atoms with van der Waals surface area (Å²) in [6.45, 7) is 2.07. The molecule has 0 spiro atoms. The van der Waals surface area contributed by atoms with Gasteiger partial charge in [-0.25, -0.2) is 17.9 Å². The van der Waals surface area contributed by atoms with Crippen molar-refractivity contribution in [2.45, 2.75) is 24.3 Å². The van der Waals surface area contributed by atoms with Gasteiger partial charge in [-0.05, 0) is 31.5 Å². The first-order valence-electron chi connectivity index (χ1n) is 5.70. The van der Waals surface area contributed by atoms with E-state index in [2.05, 4.69) is 4.72 Å². The van der Waals surface area contributed by atoms with Crippen LogP contribution in [0.3, 0.4) is 0 Å². The van der Waals surface area contributed by atoms with Crippen molar-refractivity contribution in [2.24, 2.45) is 0 Å². The lowest BCUT2D eigenvalue weighted by Gasteiger charge is -2.19. The summed E-state index contributed by atoms with van der Waals surface area (Å²) in [7, 11) is -2.66. The molecule has 0 aliphatic rings. The van der Waals surface area contributed by atoms with E-state index in [9.17, 15) is 18.3 Å². The molecule has 0 saturated heterocycles. The van der Waals surface area contributed by atoms with Crippen molar-refractivity contribution in [3.05, 3.63) is 23.8 Å². The minimum absolute atomic E-state index is 0.110. The Kier molecular flexibility index (Phi) is 4.74. The van der Waals surface area contributed by atoms with Gasteiger partial charge in [0.1, 0.15) is 10.6 Å². The summed E-state index contributed by atoms with van der Waals surface area (Å²) in [5.41, 5.74) is -1.49. The molecule has 1 atom stereocenters. The number of hydrogen-bond donors (Lipinski definition) is 3. The molecular weight excluding hydrogens is 286 g/mol. The first kappa shape index (κ1) is 16.4. The van der Waals surface area contributed by atoms with Gasteiger partial charge in [-0.3, -0.25) is 0 Å². The van der Waals surface area contributed by atoms with Crippen LogP contribution in [0.4, 0.5) is 0 Å². The van der Waals surface area contributed by atoms with Gasteiger partial charge in [-0.1, -0.05) is 6.07 Å². The van der Waals surface area contributed by atoms with Crippen LogP contribution < -0.4 is 9.46 Å². The summed E-state index contributed by atoms with van der Waals surface area (Å²) < 4.78 is 31.3. The maximum absolute atomic E-state index is 12.1. The van der Waals surface area contributed by atoms with Crippen molar-refractivity contribution in [1.29, 1.82) is 0 Å². The van der Waals surface area contributed by atoms with Gasteiger partial charge in [0.25, 0.3) is 0 Å². The van der Waals surface area contributed by atoms with Gasteiger partial charge in [0.15, 0.2) is 5.60 Å². The third kappa shape index (κ3) is 3.69. The van der Waals surface area contributed by atoms with Gasteiger partial charge in [0, 0.05) is 0 Å². The van der Waals surface area contributed by atoms with E-state index in [0.29, 0.717) is 5.56 Å². The molecule has 112 valence electrons. The zero-order valence-electron chi connectivity index (χ0n) is 11.4. The van der Waals surface area contributed by atoms with Crippen molar-refractivity contribution < 1.29 is 28.2 Å². The third-order valence-electron chi connectivity index (χ3n) is 2.68. The number of nitrogens with one attached hydrogen (secondary N) is 1. The number of carboxylic acids is 1. The fourth-order valence-electron chi connectivity index (χ4n) is 1.38. The summed E-state index contributed by atoms with van der Waals surface area (Å²) in [6.07, 6.45) is 0. The van der Waals surface area contributed by atoms with E-state index in [4.69, 9.17) is 9.84 Å². The highest BCUT2D eigenvalue weighted by molar-refractivity contribution is 7.89. The zero-order valence-corrected chi connectivity index (χ0v) is 12.2.